The molecule has 2 aromatic carbocycles. The Morgan fingerprint density at radius 2 is 1.85 bits per heavy atom. The Hall–Kier alpha value is -3.16. The number of anilines is 1. The molecule has 0 aliphatic rings. The SMILES string of the molecule is COc1nc(C(=O)Nc2cc(C(F)(F)F)ccc2F)cc2ccccc12. The van der Waals surface area contributed by atoms with Gasteiger partial charge in [0.1, 0.15) is 11.5 Å². The quantitative estimate of drug-likeness (QED) is 0.688. The smallest absolute Gasteiger partial charge is 0.416 e. The number of carbonyl (C=O) groups is 1. The first-order valence-electron chi connectivity index (χ1n) is 7.41. The fraction of sp³-hybridized carbons (Fsp3) is 0.111. The monoisotopic (exact) mass is 364 g/mol. The molecule has 0 saturated carbocycles. The molecule has 134 valence electrons. The van der Waals surface area contributed by atoms with Crippen molar-refractivity contribution in [3.05, 3.63) is 65.6 Å². The highest BCUT2D eigenvalue weighted by Gasteiger charge is 2.31. The molecule has 4 nitrogen and oxygen atoms in total. The number of fused-ring (bicyclic) bond motifs is 1. The minimum absolute atomic E-state index is 0.114. The van der Waals surface area contributed by atoms with Gasteiger partial charge < -0.3 is 10.1 Å². The van der Waals surface area contributed by atoms with Crippen molar-refractivity contribution in [2.75, 3.05) is 12.4 Å². The van der Waals surface area contributed by atoms with Gasteiger partial charge in [0.25, 0.3) is 5.91 Å². The molecule has 3 aromatic rings. The van der Waals surface area contributed by atoms with E-state index in [0.29, 0.717) is 29.0 Å². The first-order valence-corrected chi connectivity index (χ1v) is 7.41. The van der Waals surface area contributed by atoms with Gasteiger partial charge in [-0.05, 0) is 35.7 Å². The van der Waals surface area contributed by atoms with E-state index in [9.17, 15) is 22.4 Å². The van der Waals surface area contributed by atoms with Crippen molar-refractivity contribution < 1.29 is 27.1 Å². The molecule has 0 radical (unpaired) electrons. The van der Waals surface area contributed by atoms with Crippen LogP contribution in [0, 0.1) is 5.82 Å². The molecule has 0 spiro atoms. The van der Waals surface area contributed by atoms with Crippen LogP contribution in [0.15, 0.2) is 48.5 Å². The normalized spacial score (nSPS) is 11.4. The number of ether oxygens (including phenoxy) is 1. The Morgan fingerprint density at radius 3 is 2.54 bits per heavy atom. The number of aromatic nitrogens is 1. The minimum atomic E-state index is -4.66. The number of amides is 1. The fourth-order valence-corrected chi connectivity index (χ4v) is 2.42. The number of carbonyl (C=O) groups excluding carboxylic acids is 1. The van der Waals surface area contributed by atoms with Gasteiger partial charge in [-0.3, -0.25) is 4.79 Å². The fourth-order valence-electron chi connectivity index (χ4n) is 2.42. The topological polar surface area (TPSA) is 51.2 Å². The lowest BCUT2D eigenvalue weighted by Gasteiger charge is -2.12. The van der Waals surface area contributed by atoms with Crippen molar-refractivity contribution in [1.82, 2.24) is 4.98 Å². The maximum absolute atomic E-state index is 13.8. The maximum atomic E-state index is 13.8. The van der Waals surface area contributed by atoms with E-state index in [1.54, 1.807) is 24.3 Å². The van der Waals surface area contributed by atoms with Gasteiger partial charge in [-0.2, -0.15) is 13.2 Å². The second kappa shape index (κ2) is 6.62. The van der Waals surface area contributed by atoms with Crippen LogP contribution in [0.1, 0.15) is 16.1 Å². The van der Waals surface area contributed by atoms with Gasteiger partial charge in [0.15, 0.2) is 0 Å². The number of methoxy groups -OCH3 is 1. The van der Waals surface area contributed by atoms with E-state index in [1.165, 1.54) is 13.2 Å². The lowest BCUT2D eigenvalue weighted by molar-refractivity contribution is -0.137. The van der Waals surface area contributed by atoms with Crippen molar-refractivity contribution >= 4 is 22.4 Å². The largest absolute Gasteiger partial charge is 0.481 e. The van der Waals surface area contributed by atoms with Crippen LogP contribution in [0.2, 0.25) is 0 Å². The number of nitrogens with one attached hydrogen (secondary N) is 1. The molecular weight excluding hydrogens is 352 g/mol. The predicted octanol–water partition coefficient (Wildman–Crippen LogP) is 4.65. The molecule has 3 rings (SSSR count). The lowest BCUT2D eigenvalue weighted by Crippen LogP contribution is -2.16. The summed E-state index contributed by atoms with van der Waals surface area (Å²) in [6.07, 6.45) is -4.66. The third kappa shape index (κ3) is 3.44. The van der Waals surface area contributed by atoms with Gasteiger partial charge in [0.2, 0.25) is 5.88 Å². The summed E-state index contributed by atoms with van der Waals surface area (Å²) in [6, 6.07) is 10.2. The number of alkyl halides is 3. The zero-order chi connectivity index (χ0) is 18.9. The third-order valence-corrected chi connectivity index (χ3v) is 3.67. The van der Waals surface area contributed by atoms with Crippen LogP contribution in [0.4, 0.5) is 23.2 Å². The highest BCUT2D eigenvalue weighted by atomic mass is 19.4. The third-order valence-electron chi connectivity index (χ3n) is 3.67. The Morgan fingerprint density at radius 1 is 1.12 bits per heavy atom. The molecule has 8 heteroatoms. The first-order chi connectivity index (χ1) is 12.3. The van der Waals surface area contributed by atoms with Gasteiger partial charge in [0, 0.05) is 5.39 Å². The summed E-state index contributed by atoms with van der Waals surface area (Å²) in [5.41, 5.74) is -1.77. The molecule has 0 bridgehead atoms. The highest BCUT2D eigenvalue weighted by Crippen LogP contribution is 2.32. The van der Waals surface area contributed by atoms with E-state index >= 15 is 0 Å². The van der Waals surface area contributed by atoms with Gasteiger partial charge >= 0.3 is 6.18 Å². The number of rotatable bonds is 3. The molecule has 1 aromatic heterocycles. The Bertz CT molecular complexity index is 987. The van der Waals surface area contributed by atoms with Crippen LogP contribution in [0.3, 0.4) is 0 Å². The van der Waals surface area contributed by atoms with E-state index in [2.05, 4.69) is 10.3 Å². The molecule has 0 aliphatic heterocycles. The van der Waals surface area contributed by atoms with Crippen molar-refractivity contribution in [3.63, 3.8) is 0 Å². The van der Waals surface area contributed by atoms with Gasteiger partial charge in [-0.15, -0.1) is 0 Å². The Labute approximate surface area is 145 Å². The van der Waals surface area contributed by atoms with Crippen LogP contribution in [0.5, 0.6) is 5.88 Å². The Balaban J connectivity index is 1.97. The van der Waals surface area contributed by atoms with Gasteiger partial charge in [-0.1, -0.05) is 18.2 Å². The van der Waals surface area contributed by atoms with Crippen molar-refractivity contribution in [2.45, 2.75) is 6.18 Å². The van der Waals surface area contributed by atoms with E-state index in [-0.39, 0.29) is 11.6 Å². The van der Waals surface area contributed by atoms with E-state index in [4.69, 9.17) is 4.74 Å². The minimum Gasteiger partial charge on any atom is -0.481 e. The highest BCUT2D eigenvalue weighted by molar-refractivity contribution is 6.05. The summed E-state index contributed by atoms with van der Waals surface area (Å²) in [7, 11) is 1.38. The maximum Gasteiger partial charge on any atom is 0.416 e. The van der Waals surface area contributed by atoms with Gasteiger partial charge in [0.05, 0.1) is 18.4 Å². The molecule has 0 fully saturated rings. The molecule has 1 N–H and O–H groups in total. The van der Waals surface area contributed by atoms with Crippen LogP contribution >= 0.6 is 0 Å². The molecular formula is C18H12F4N2O2. The number of hydrogen-bond acceptors (Lipinski definition) is 3. The average molecular weight is 364 g/mol. The zero-order valence-corrected chi connectivity index (χ0v) is 13.4. The number of hydrogen-bond donors (Lipinski definition) is 1. The molecule has 0 unspecified atom stereocenters. The average Bonchev–Trinajstić information content (AvgIpc) is 2.61. The standard InChI is InChI=1S/C18H12F4N2O2/c1-26-17-12-5-3-2-4-10(12)8-15(24-17)16(25)23-14-9-11(18(20,21)22)6-7-13(14)19/h2-9H,1H3,(H,23,25). The summed E-state index contributed by atoms with van der Waals surface area (Å²) >= 11 is 0. The lowest BCUT2D eigenvalue weighted by atomic mass is 10.1. The molecule has 26 heavy (non-hydrogen) atoms. The molecule has 0 atom stereocenters. The van der Waals surface area contributed by atoms with Crippen LogP contribution in [-0.4, -0.2) is 18.0 Å². The van der Waals surface area contributed by atoms with Crippen molar-refractivity contribution in [1.29, 1.82) is 0 Å². The van der Waals surface area contributed by atoms with Crippen molar-refractivity contribution in [3.8, 4) is 5.88 Å². The number of nitrogens with zero attached hydrogens (tertiary/aromatic N) is 1. The van der Waals surface area contributed by atoms with Crippen LogP contribution in [0.25, 0.3) is 10.8 Å². The summed E-state index contributed by atoms with van der Waals surface area (Å²) in [4.78, 5) is 16.4. The Kier molecular flexibility index (Phi) is 4.50. The zero-order valence-electron chi connectivity index (χ0n) is 13.4. The van der Waals surface area contributed by atoms with E-state index in [1.807, 2.05) is 0 Å². The summed E-state index contributed by atoms with van der Waals surface area (Å²) in [6.45, 7) is 0. The number of pyridine rings is 1. The number of halogens is 4. The van der Waals surface area contributed by atoms with Gasteiger partial charge in [-0.25, -0.2) is 9.37 Å². The van der Waals surface area contributed by atoms with Crippen molar-refractivity contribution in [2.24, 2.45) is 0 Å². The predicted molar refractivity (Wildman–Crippen MR) is 87.7 cm³/mol. The molecule has 0 saturated heterocycles. The van der Waals surface area contributed by atoms with E-state index in [0.717, 1.165) is 0 Å². The summed E-state index contributed by atoms with van der Waals surface area (Å²) < 4.78 is 57.3. The number of benzene rings is 2. The van der Waals surface area contributed by atoms with E-state index < -0.39 is 29.2 Å². The first kappa shape index (κ1) is 17.7. The van der Waals surface area contributed by atoms with Crippen LogP contribution in [-0.2, 0) is 6.18 Å². The second-order valence-electron chi connectivity index (χ2n) is 5.38. The molecule has 1 amide bonds. The summed E-state index contributed by atoms with van der Waals surface area (Å²) in [5.74, 6) is -1.66. The summed E-state index contributed by atoms with van der Waals surface area (Å²) in [5, 5.41) is 3.43. The second-order valence-corrected chi connectivity index (χ2v) is 5.38. The van der Waals surface area contributed by atoms with Crippen LogP contribution < -0.4 is 10.1 Å². The molecule has 0 aliphatic carbocycles. The molecule has 1 heterocycles.